The summed E-state index contributed by atoms with van der Waals surface area (Å²) in [5, 5.41) is 8.22. The zero-order valence-corrected chi connectivity index (χ0v) is 30.6. The van der Waals surface area contributed by atoms with Crippen LogP contribution in [-0.2, 0) is 28.7 Å². The lowest BCUT2D eigenvalue weighted by atomic mass is 9.87. The second-order valence-corrected chi connectivity index (χ2v) is 16.4. The lowest BCUT2D eigenvalue weighted by Gasteiger charge is -2.33. The molecule has 1 unspecified atom stereocenters. The highest BCUT2D eigenvalue weighted by Gasteiger charge is 2.68. The van der Waals surface area contributed by atoms with Crippen molar-refractivity contribution < 1.29 is 33.4 Å². The van der Waals surface area contributed by atoms with Crippen LogP contribution in [0.5, 0.6) is 0 Å². The van der Waals surface area contributed by atoms with Crippen molar-refractivity contribution in [3.8, 4) is 0 Å². The highest BCUT2D eigenvalue weighted by molar-refractivity contribution is 6.38. The summed E-state index contributed by atoms with van der Waals surface area (Å²) in [6.07, 6.45) is 5.33. The minimum atomic E-state index is -0.754. The first-order valence-corrected chi connectivity index (χ1v) is 17.3. The molecule has 0 aromatic heterocycles. The van der Waals surface area contributed by atoms with Crippen molar-refractivity contribution in [1.82, 2.24) is 20.9 Å². The van der Waals surface area contributed by atoms with E-state index >= 15 is 0 Å². The Labute approximate surface area is 282 Å². The molecule has 4 amide bonds. The average molecular weight is 666 g/mol. The highest BCUT2D eigenvalue weighted by atomic mass is 16.5. The number of primary amides is 1. The van der Waals surface area contributed by atoms with E-state index in [2.05, 4.69) is 57.5 Å². The van der Waals surface area contributed by atoms with Crippen LogP contribution in [0.4, 0.5) is 4.79 Å². The Morgan fingerprint density at radius 2 is 1.72 bits per heavy atom. The summed E-state index contributed by atoms with van der Waals surface area (Å²) >= 11 is 0. The van der Waals surface area contributed by atoms with Gasteiger partial charge in [0.05, 0.1) is 31.5 Å². The SMILES string of the molecule is CC(=O)C(=O)C(CC1CC1)NC(=O)[C@@H]1[C@@H]2[C@H](CN1COC[C@@H](NC(N)=O)C(C)(C)C)C2(C)C.CCC(C)(C)C.O=C1CCCOCN1. The fraction of sp³-hybridized carbons (Fsp3) is 0.857. The molecule has 0 aromatic rings. The van der Waals surface area contributed by atoms with E-state index in [1.807, 2.05) is 25.7 Å². The molecule has 4 fully saturated rings. The summed E-state index contributed by atoms with van der Waals surface area (Å²) in [7, 11) is 0. The van der Waals surface area contributed by atoms with Crippen LogP contribution >= 0.6 is 0 Å². The maximum absolute atomic E-state index is 13.4. The fourth-order valence-electron chi connectivity index (χ4n) is 5.83. The lowest BCUT2D eigenvalue weighted by molar-refractivity contribution is -0.139. The van der Waals surface area contributed by atoms with Crippen molar-refractivity contribution in [3.05, 3.63) is 0 Å². The maximum atomic E-state index is 13.4. The molecular weight excluding hydrogens is 602 g/mol. The highest BCUT2D eigenvalue weighted by Crippen LogP contribution is 2.64. The Morgan fingerprint density at radius 3 is 2.23 bits per heavy atom. The minimum Gasteiger partial charge on any atom is -0.364 e. The Balaban J connectivity index is 0.000000452. The molecule has 0 radical (unpaired) electrons. The van der Waals surface area contributed by atoms with Gasteiger partial charge in [-0.1, -0.05) is 81.6 Å². The van der Waals surface area contributed by atoms with E-state index in [1.54, 1.807) is 0 Å². The van der Waals surface area contributed by atoms with Gasteiger partial charge in [0.15, 0.2) is 5.78 Å². The predicted octanol–water partition coefficient (Wildman–Crippen LogP) is 3.76. The normalized spacial score (nSPS) is 24.8. The number of carbonyl (C=O) groups excluding carboxylic acids is 5. The summed E-state index contributed by atoms with van der Waals surface area (Å²) in [5.41, 5.74) is 5.66. The third-order valence-corrected chi connectivity index (χ3v) is 9.85. The van der Waals surface area contributed by atoms with E-state index in [9.17, 15) is 24.0 Å². The largest absolute Gasteiger partial charge is 0.364 e. The molecular formula is C35H63N5O7. The zero-order chi connectivity index (χ0) is 35.7. The van der Waals surface area contributed by atoms with Gasteiger partial charge in [-0.05, 0) is 46.8 Å². The number of ether oxygens (including phenoxy) is 2. The van der Waals surface area contributed by atoms with Crippen LogP contribution in [0.2, 0.25) is 0 Å². The summed E-state index contributed by atoms with van der Waals surface area (Å²) in [6.45, 7) is 22.8. The predicted molar refractivity (Wildman–Crippen MR) is 181 cm³/mol. The van der Waals surface area contributed by atoms with Crippen LogP contribution < -0.4 is 21.7 Å². The number of ketones is 2. The first-order valence-electron chi connectivity index (χ1n) is 17.3. The van der Waals surface area contributed by atoms with E-state index < -0.39 is 29.7 Å². The Morgan fingerprint density at radius 1 is 1.11 bits per heavy atom. The summed E-state index contributed by atoms with van der Waals surface area (Å²) < 4.78 is 10.9. The summed E-state index contributed by atoms with van der Waals surface area (Å²) in [6, 6.07) is -2.04. The third kappa shape index (κ3) is 13.5. The first-order chi connectivity index (χ1) is 21.7. The van der Waals surface area contributed by atoms with Crippen LogP contribution in [-0.4, -0.2) is 85.7 Å². The Hall–Kier alpha value is -2.57. The molecule has 0 spiro atoms. The number of hydrogen-bond acceptors (Lipinski definition) is 8. The van der Waals surface area contributed by atoms with Gasteiger partial charge in [-0.25, -0.2) is 4.79 Å². The van der Waals surface area contributed by atoms with Gasteiger partial charge in [-0.3, -0.25) is 24.1 Å². The van der Waals surface area contributed by atoms with E-state index in [4.69, 9.17) is 15.2 Å². The number of carbonyl (C=O) groups is 5. The van der Waals surface area contributed by atoms with Gasteiger partial charge in [0, 0.05) is 26.5 Å². The molecule has 5 N–H and O–H groups in total. The third-order valence-electron chi connectivity index (χ3n) is 9.85. The molecule has 12 heteroatoms. The smallest absolute Gasteiger partial charge is 0.312 e. The molecule has 0 bridgehead atoms. The average Bonchev–Trinajstić information content (AvgIpc) is 3.84. The summed E-state index contributed by atoms with van der Waals surface area (Å²) in [4.78, 5) is 61.4. The number of rotatable bonds is 11. The molecule has 2 heterocycles. The molecule has 4 rings (SSSR count). The van der Waals surface area contributed by atoms with Crippen molar-refractivity contribution in [2.45, 2.75) is 126 Å². The van der Waals surface area contributed by atoms with Crippen molar-refractivity contribution in [2.24, 2.45) is 39.7 Å². The number of nitrogens with one attached hydrogen (secondary N) is 3. The zero-order valence-electron chi connectivity index (χ0n) is 30.6. The van der Waals surface area contributed by atoms with E-state index in [-0.39, 0.29) is 47.9 Å². The van der Waals surface area contributed by atoms with E-state index in [0.717, 1.165) is 25.8 Å². The van der Waals surface area contributed by atoms with E-state index in [1.165, 1.54) is 13.3 Å². The standard InChI is InChI=1S/C24H40N4O5.C6H14.C5H9NO2/c1-13(29)20(30)16(9-14-7-8-14)26-21(31)19-18-15(24(18,5)6)10-28(19)12-33-11-17(23(2,3)4)27-22(25)32;1-5-6(2,3)4;7-5-2-1-3-8-4-6-5/h14-19H,7-12H2,1-6H3,(H,26,31)(H3,25,27,32);5H2,1-4H3;1-4H2,(H,6,7)/t15-,16?,17+,18-,19-;;/m0../s1. The molecule has 2 saturated heterocycles. The van der Waals surface area contributed by atoms with Crippen molar-refractivity contribution >= 4 is 29.4 Å². The second-order valence-electron chi connectivity index (χ2n) is 16.4. The number of hydrogen-bond donors (Lipinski definition) is 4. The number of fused-ring (bicyclic) bond motifs is 1. The number of amides is 4. The van der Waals surface area contributed by atoms with Gasteiger partial charge in [0.2, 0.25) is 17.6 Å². The van der Waals surface area contributed by atoms with Gasteiger partial charge >= 0.3 is 6.03 Å². The molecule has 270 valence electrons. The number of likely N-dealkylation sites (tertiary alicyclic amines) is 1. The van der Waals surface area contributed by atoms with Crippen molar-refractivity contribution in [3.63, 3.8) is 0 Å². The van der Waals surface area contributed by atoms with Crippen molar-refractivity contribution in [2.75, 3.05) is 33.2 Å². The lowest BCUT2D eigenvalue weighted by Crippen LogP contribution is -2.54. The Bertz CT molecular complexity index is 1080. The molecule has 0 aromatic carbocycles. The number of piperidine rings is 1. The minimum absolute atomic E-state index is 0.0521. The van der Waals surface area contributed by atoms with Gasteiger partial charge < -0.3 is 31.2 Å². The van der Waals surface area contributed by atoms with Gasteiger partial charge in [0.25, 0.3) is 0 Å². The van der Waals surface area contributed by atoms with Crippen LogP contribution in [0.25, 0.3) is 0 Å². The van der Waals surface area contributed by atoms with Crippen LogP contribution in [0.15, 0.2) is 0 Å². The van der Waals surface area contributed by atoms with E-state index in [0.29, 0.717) is 43.4 Å². The number of nitrogens with two attached hydrogens (primary N) is 1. The van der Waals surface area contributed by atoms with Crippen LogP contribution in [0.1, 0.15) is 108 Å². The van der Waals surface area contributed by atoms with Gasteiger partial charge in [-0.15, -0.1) is 0 Å². The van der Waals surface area contributed by atoms with Crippen LogP contribution in [0, 0.1) is 34.0 Å². The Kier molecular flexibility index (Phi) is 14.9. The molecule has 2 saturated carbocycles. The molecule has 4 aliphatic rings. The number of urea groups is 1. The quantitative estimate of drug-likeness (QED) is 0.242. The second kappa shape index (κ2) is 17.2. The molecule has 5 atom stereocenters. The first kappa shape index (κ1) is 40.6. The monoisotopic (exact) mass is 665 g/mol. The molecule has 2 aliphatic heterocycles. The number of nitrogens with zero attached hydrogens (tertiary/aromatic N) is 1. The fourth-order valence-corrected chi connectivity index (χ4v) is 5.83. The molecule has 12 nitrogen and oxygen atoms in total. The van der Waals surface area contributed by atoms with Gasteiger partial charge in [-0.2, -0.15) is 0 Å². The van der Waals surface area contributed by atoms with Gasteiger partial charge in [0.1, 0.15) is 6.73 Å². The van der Waals surface area contributed by atoms with Crippen LogP contribution in [0.3, 0.4) is 0 Å². The molecule has 47 heavy (non-hydrogen) atoms. The summed E-state index contributed by atoms with van der Waals surface area (Å²) in [5.74, 6) is -0.192. The van der Waals surface area contributed by atoms with Crippen molar-refractivity contribution in [1.29, 1.82) is 0 Å². The maximum Gasteiger partial charge on any atom is 0.312 e. The molecule has 2 aliphatic carbocycles. The topological polar surface area (TPSA) is 169 Å². The number of Topliss-reactive ketones (excluding diaryl/α,β-unsaturated/α-hetero) is 2.